The van der Waals surface area contributed by atoms with Gasteiger partial charge in [0.2, 0.25) is 0 Å². The number of ether oxygens (including phenoxy) is 2. The van der Waals surface area contributed by atoms with Crippen LogP contribution < -0.4 is 9.47 Å². The molecule has 0 heterocycles. The summed E-state index contributed by atoms with van der Waals surface area (Å²) in [4.78, 5) is 12.5. The molecule has 0 N–H and O–H groups in total. The van der Waals surface area contributed by atoms with Crippen LogP contribution in [0.2, 0.25) is 5.02 Å². The van der Waals surface area contributed by atoms with Crippen molar-refractivity contribution in [3.63, 3.8) is 0 Å². The van der Waals surface area contributed by atoms with Crippen LogP contribution in [0, 0.1) is 11.3 Å². The molecule has 0 radical (unpaired) electrons. The largest absolute Gasteiger partial charge is 0.493 e. The number of carbonyl (C=O) groups is 1. The van der Waals surface area contributed by atoms with Crippen LogP contribution in [-0.4, -0.2) is 13.1 Å². The zero-order valence-corrected chi connectivity index (χ0v) is 17.7. The van der Waals surface area contributed by atoms with Crippen LogP contribution in [0.25, 0.3) is 11.6 Å². The number of esters is 1. The minimum Gasteiger partial charge on any atom is -0.493 e. The fourth-order valence-corrected chi connectivity index (χ4v) is 3.19. The zero-order valence-electron chi connectivity index (χ0n) is 15.4. The maximum atomic E-state index is 12.5. The lowest BCUT2D eigenvalue weighted by Crippen LogP contribution is -2.10. The normalized spacial score (nSPS) is 10.9. The molecule has 3 aromatic carbocycles. The monoisotopic (exact) mass is 467 g/mol. The SMILES string of the molecule is COc1cc(/C=C(\C#N)c2ccc(Cl)cc2)ccc1OC(=O)c1ccccc1Br. The van der Waals surface area contributed by atoms with Gasteiger partial charge in [0.15, 0.2) is 11.5 Å². The molecule has 0 amide bonds. The first-order valence-electron chi connectivity index (χ1n) is 8.54. The molecule has 144 valence electrons. The molecule has 0 spiro atoms. The highest BCUT2D eigenvalue weighted by Crippen LogP contribution is 2.31. The third kappa shape index (κ3) is 5.05. The lowest BCUT2D eigenvalue weighted by Gasteiger charge is -2.11. The number of benzene rings is 3. The highest BCUT2D eigenvalue weighted by atomic mass is 79.9. The van der Waals surface area contributed by atoms with Crippen molar-refractivity contribution in [1.82, 2.24) is 0 Å². The van der Waals surface area contributed by atoms with Gasteiger partial charge in [-0.05, 0) is 69.5 Å². The maximum absolute atomic E-state index is 12.5. The molecule has 29 heavy (non-hydrogen) atoms. The molecule has 3 rings (SSSR count). The average molecular weight is 469 g/mol. The Morgan fingerprint density at radius 3 is 2.45 bits per heavy atom. The van der Waals surface area contributed by atoms with Gasteiger partial charge in [0, 0.05) is 9.50 Å². The molecule has 3 aromatic rings. The summed E-state index contributed by atoms with van der Waals surface area (Å²) in [6.45, 7) is 0. The topological polar surface area (TPSA) is 59.3 Å². The van der Waals surface area contributed by atoms with E-state index in [2.05, 4.69) is 22.0 Å². The molecule has 0 aliphatic rings. The molecule has 0 saturated carbocycles. The lowest BCUT2D eigenvalue weighted by atomic mass is 10.0. The van der Waals surface area contributed by atoms with Crippen LogP contribution in [-0.2, 0) is 0 Å². The Labute approximate surface area is 182 Å². The number of nitrogens with zero attached hydrogens (tertiary/aromatic N) is 1. The Kier molecular flexibility index (Phi) is 6.71. The van der Waals surface area contributed by atoms with Gasteiger partial charge in [-0.25, -0.2) is 4.79 Å². The van der Waals surface area contributed by atoms with Crippen LogP contribution in [0.3, 0.4) is 0 Å². The summed E-state index contributed by atoms with van der Waals surface area (Å²) >= 11 is 9.25. The van der Waals surface area contributed by atoms with E-state index in [9.17, 15) is 10.1 Å². The van der Waals surface area contributed by atoms with Crippen LogP contribution in [0.15, 0.2) is 71.2 Å². The minimum atomic E-state index is -0.502. The number of allylic oxidation sites excluding steroid dienone is 1. The number of methoxy groups -OCH3 is 1. The molecule has 0 saturated heterocycles. The predicted molar refractivity (Wildman–Crippen MR) is 117 cm³/mol. The van der Waals surface area contributed by atoms with Crippen LogP contribution in [0.1, 0.15) is 21.5 Å². The molecule has 0 aliphatic heterocycles. The van der Waals surface area contributed by atoms with Crippen molar-refractivity contribution in [2.75, 3.05) is 7.11 Å². The fraction of sp³-hybridized carbons (Fsp3) is 0.0435. The molecule has 6 heteroatoms. The number of hydrogen-bond donors (Lipinski definition) is 0. The molecule has 0 aliphatic carbocycles. The number of halogens is 2. The van der Waals surface area contributed by atoms with Crippen molar-refractivity contribution in [3.8, 4) is 17.6 Å². The molecule has 0 bridgehead atoms. The van der Waals surface area contributed by atoms with Gasteiger partial charge in [-0.2, -0.15) is 5.26 Å². The first-order chi connectivity index (χ1) is 14.0. The second-order valence-electron chi connectivity index (χ2n) is 5.96. The molecule has 0 unspecified atom stereocenters. The van der Waals surface area contributed by atoms with Crippen molar-refractivity contribution < 1.29 is 14.3 Å². The molecule has 0 atom stereocenters. The van der Waals surface area contributed by atoms with E-state index in [1.54, 1.807) is 66.7 Å². The predicted octanol–water partition coefficient (Wildman–Crippen LogP) is 6.39. The smallest absolute Gasteiger partial charge is 0.344 e. The molecule has 0 aromatic heterocycles. The van der Waals surface area contributed by atoms with Crippen LogP contribution in [0.5, 0.6) is 11.5 Å². The van der Waals surface area contributed by atoms with Gasteiger partial charge in [0.25, 0.3) is 0 Å². The number of carbonyl (C=O) groups excluding carboxylic acids is 1. The van der Waals surface area contributed by atoms with Gasteiger partial charge in [-0.1, -0.05) is 41.9 Å². The highest BCUT2D eigenvalue weighted by molar-refractivity contribution is 9.10. The van der Waals surface area contributed by atoms with Crippen molar-refractivity contribution in [2.24, 2.45) is 0 Å². The molecular weight excluding hydrogens is 454 g/mol. The van der Waals surface area contributed by atoms with Crippen molar-refractivity contribution in [1.29, 1.82) is 5.26 Å². The maximum Gasteiger partial charge on any atom is 0.344 e. The van der Waals surface area contributed by atoms with Gasteiger partial charge < -0.3 is 9.47 Å². The lowest BCUT2D eigenvalue weighted by molar-refractivity contribution is 0.0729. The van der Waals surface area contributed by atoms with E-state index in [-0.39, 0.29) is 5.75 Å². The third-order valence-electron chi connectivity index (χ3n) is 4.07. The average Bonchev–Trinajstić information content (AvgIpc) is 2.73. The van der Waals surface area contributed by atoms with E-state index in [1.807, 2.05) is 6.07 Å². The quantitative estimate of drug-likeness (QED) is 0.188. The summed E-state index contributed by atoms with van der Waals surface area (Å²) in [6.07, 6.45) is 1.73. The summed E-state index contributed by atoms with van der Waals surface area (Å²) in [7, 11) is 1.49. The summed E-state index contributed by atoms with van der Waals surface area (Å²) < 4.78 is 11.5. The summed E-state index contributed by atoms with van der Waals surface area (Å²) in [5.74, 6) is 0.167. The fourth-order valence-electron chi connectivity index (χ4n) is 2.62. The Bertz CT molecular complexity index is 1120. The van der Waals surface area contributed by atoms with Crippen molar-refractivity contribution >= 4 is 45.1 Å². The van der Waals surface area contributed by atoms with E-state index in [0.717, 1.165) is 11.1 Å². The first-order valence-corrected chi connectivity index (χ1v) is 9.71. The van der Waals surface area contributed by atoms with Gasteiger partial charge in [0.05, 0.1) is 24.3 Å². The van der Waals surface area contributed by atoms with Crippen LogP contribution in [0.4, 0.5) is 0 Å². The van der Waals surface area contributed by atoms with Gasteiger partial charge in [-0.15, -0.1) is 0 Å². The van der Waals surface area contributed by atoms with Crippen LogP contribution >= 0.6 is 27.5 Å². The minimum absolute atomic E-state index is 0.287. The third-order valence-corrected chi connectivity index (χ3v) is 5.01. The van der Waals surface area contributed by atoms with E-state index in [0.29, 0.717) is 26.4 Å². The summed E-state index contributed by atoms with van der Waals surface area (Å²) in [5.41, 5.74) is 2.36. The molecular formula is C23H15BrClNO3. The summed E-state index contributed by atoms with van der Waals surface area (Å²) in [6, 6.07) is 21.3. The second kappa shape index (κ2) is 9.42. The van der Waals surface area contributed by atoms with E-state index >= 15 is 0 Å². The standard InChI is InChI=1S/C23H15BrClNO3/c1-28-22-13-15(12-17(14-26)16-7-9-18(25)10-8-16)6-11-21(22)29-23(27)19-4-2-3-5-20(19)24/h2-13H,1H3/b17-12+. The highest BCUT2D eigenvalue weighted by Gasteiger charge is 2.15. The van der Waals surface area contributed by atoms with E-state index in [4.69, 9.17) is 21.1 Å². The number of rotatable bonds is 5. The second-order valence-corrected chi connectivity index (χ2v) is 7.25. The number of hydrogen-bond acceptors (Lipinski definition) is 4. The first kappa shape index (κ1) is 20.7. The van der Waals surface area contributed by atoms with Gasteiger partial charge >= 0.3 is 5.97 Å². The van der Waals surface area contributed by atoms with Gasteiger partial charge in [0.1, 0.15) is 0 Å². The Hall–Kier alpha value is -3.07. The van der Waals surface area contributed by atoms with E-state index < -0.39 is 5.97 Å². The Balaban J connectivity index is 1.88. The van der Waals surface area contributed by atoms with Crippen molar-refractivity contribution in [3.05, 3.63) is 92.9 Å². The zero-order chi connectivity index (χ0) is 20.8. The molecule has 0 fully saturated rings. The Morgan fingerprint density at radius 1 is 1.07 bits per heavy atom. The van der Waals surface area contributed by atoms with E-state index in [1.165, 1.54) is 7.11 Å². The van der Waals surface area contributed by atoms with Gasteiger partial charge in [-0.3, -0.25) is 0 Å². The number of nitriles is 1. The Morgan fingerprint density at radius 2 is 1.79 bits per heavy atom. The van der Waals surface area contributed by atoms with Crippen molar-refractivity contribution in [2.45, 2.75) is 0 Å². The molecule has 4 nitrogen and oxygen atoms in total. The summed E-state index contributed by atoms with van der Waals surface area (Å²) in [5, 5.41) is 10.1.